The Bertz CT molecular complexity index is 1380. The van der Waals surface area contributed by atoms with E-state index in [1.165, 1.54) is 33.2 Å². The van der Waals surface area contributed by atoms with Crippen molar-refractivity contribution in [1.82, 2.24) is 15.2 Å². The van der Waals surface area contributed by atoms with Crippen molar-refractivity contribution in [2.75, 3.05) is 48.2 Å². The Labute approximate surface area is 224 Å². The Morgan fingerprint density at radius 3 is 2.39 bits per heavy atom. The summed E-state index contributed by atoms with van der Waals surface area (Å²) in [6.07, 6.45) is 4.94. The summed E-state index contributed by atoms with van der Waals surface area (Å²) in [5.41, 5.74) is 6.34. The fourth-order valence-electron chi connectivity index (χ4n) is 5.51. The van der Waals surface area contributed by atoms with E-state index >= 15 is 0 Å². The largest absolute Gasteiger partial charge is 0.493 e. The predicted molar refractivity (Wildman–Crippen MR) is 151 cm³/mol. The summed E-state index contributed by atoms with van der Waals surface area (Å²) in [5, 5.41) is 4.97. The van der Waals surface area contributed by atoms with E-state index in [9.17, 15) is 0 Å². The molecule has 0 saturated heterocycles. The fourth-order valence-corrected chi connectivity index (χ4v) is 5.51. The molecule has 0 bridgehead atoms. The highest BCUT2D eigenvalue weighted by molar-refractivity contribution is 5.83. The average molecular weight is 516 g/mol. The van der Waals surface area contributed by atoms with E-state index in [2.05, 4.69) is 69.9 Å². The van der Waals surface area contributed by atoms with Crippen LogP contribution in [0.15, 0.2) is 60.8 Å². The molecule has 38 heavy (non-hydrogen) atoms. The number of aromatic amines is 1. The number of para-hydroxylation sites is 1. The van der Waals surface area contributed by atoms with Crippen molar-refractivity contribution in [2.24, 2.45) is 0 Å². The standard InChI is InChI=1S/C31H37N3O4/c1-35-28-10-9-21(15-29(28)36-2)11-13-32-20-34-14-12-22-17-30(37-3)31(38-4)18-25(22)27(34)16-23-19-33-26-8-6-5-7-24(23)26/h5-10,15,17-19,27,32-33H,11-14,16,20H2,1-4H3. The molecule has 0 saturated carbocycles. The highest BCUT2D eigenvalue weighted by atomic mass is 16.5. The molecule has 1 aromatic heterocycles. The van der Waals surface area contributed by atoms with Crippen LogP contribution in [-0.2, 0) is 19.3 Å². The molecule has 4 aromatic rings. The van der Waals surface area contributed by atoms with Crippen LogP contribution in [0, 0.1) is 0 Å². The van der Waals surface area contributed by atoms with Crippen molar-refractivity contribution >= 4 is 10.9 Å². The van der Waals surface area contributed by atoms with Gasteiger partial charge < -0.3 is 29.2 Å². The molecule has 7 heteroatoms. The zero-order chi connectivity index (χ0) is 26.5. The minimum atomic E-state index is 0.214. The van der Waals surface area contributed by atoms with Crippen LogP contribution >= 0.6 is 0 Å². The SMILES string of the molecule is COc1ccc(CCNCN2CCc3cc(OC)c(OC)cc3C2Cc2c[nH]c3ccccc23)cc1OC. The van der Waals surface area contributed by atoms with Crippen LogP contribution in [-0.4, -0.2) is 58.1 Å². The van der Waals surface area contributed by atoms with Gasteiger partial charge in [0.15, 0.2) is 23.0 Å². The number of methoxy groups -OCH3 is 4. The number of aromatic nitrogens is 1. The van der Waals surface area contributed by atoms with Gasteiger partial charge in [0.05, 0.1) is 28.4 Å². The van der Waals surface area contributed by atoms with Crippen LogP contribution in [0.25, 0.3) is 10.9 Å². The quantitative estimate of drug-likeness (QED) is 0.270. The molecular formula is C31H37N3O4. The second-order valence-electron chi connectivity index (χ2n) is 9.65. The molecule has 0 radical (unpaired) electrons. The molecule has 1 unspecified atom stereocenters. The summed E-state index contributed by atoms with van der Waals surface area (Å²) in [4.78, 5) is 5.99. The van der Waals surface area contributed by atoms with Gasteiger partial charge >= 0.3 is 0 Å². The van der Waals surface area contributed by atoms with Crippen LogP contribution in [0.1, 0.15) is 28.3 Å². The molecule has 200 valence electrons. The Kier molecular flexibility index (Phi) is 8.05. The first kappa shape index (κ1) is 25.9. The van der Waals surface area contributed by atoms with E-state index in [-0.39, 0.29) is 6.04 Å². The van der Waals surface area contributed by atoms with Crippen LogP contribution in [0.2, 0.25) is 0 Å². The lowest BCUT2D eigenvalue weighted by molar-refractivity contribution is 0.169. The number of nitrogens with one attached hydrogen (secondary N) is 2. The molecule has 1 aliphatic heterocycles. The van der Waals surface area contributed by atoms with Crippen molar-refractivity contribution in [3.8, 4) is 23.0 Å². The summed E-state index contributed by atoms with van der Waals surface area (Å²) in [6, 6.07) is 19.2. The minimum Gasteiger partial charge on any atom is -0.493 e. The summed E-state index contributed by atoms with van der Waals surface area (Å²) in [6.45, 7) is 2.64. The van der Waals surface area contributed by atoms with E-state index in [1.54, 1.807) is 28.4 Å². The lowest BCUT2D eigenvalue weighted by atomic mass is 9.88. The van der Waals surface area contributed by atoms with Crippen LogP contribution < -0.4 is 24.3 Å². The maximum absolute atomic E-state index is 5.69. The van der Waals surface area contributed by atoms with Gasteiger partial charge in [0, 0.05) is 42.9 Å². The number of nitrogens with zero attached hydrogens (tertiary/aromatic N) is 1. The Morgan fingerprint density at radius 2 is 1.61 bits per heavy atom. The van der Waals surface area contributed by atoms with Gasteiger partial charge in [0.1, 0.15) is 0 Å². The molecule has 1 atom stereocenters. The first-order valence-electron chi connectivity index (χ1n) is 13.1. The smallest absolute Gasteiger partial charge is 0.161 e. The third-order valence-corrected chi connectivity index (χ3v) is 7.55. The zero-order valence-electron chi connectivity index (χ0n) is 22.7. The van der Waals surface area contributed by atoms with Gasteiger partial charge in [-0.25, -0.2) is 0 Å². The lowest BCUT2D eigenvalue weighted by Crippen LogP contribution is -2.42. The summed E-state index contributed by atoms with van der Waals surface area (Å²) in [7, 11) is 6.74. The van der Waals surface area contributed by atoms with Crippen molar-refractivity contribution < 1.29 is 18.9 Å². The number of fused-ring (bicyclic) bond motifs is 2. The number of benzene rings is 3. The van der Waals surface area contributed by atoms with E-state index in [4.69, 9.17) is 18.9 Å². The Morgan fingerprint density at radius 1 is 0.868 bits per heavy atom. The van der Waals surface area contributed by atoms with Gasteiger partial charge in [-0.05, 0) is 71.8 Å². The number of H-pyrrole nitrogens is 1. The van der Waals surface area contributed by atoms with E-state index in [0.717, 1.165) is 62.0 Å². The molecule has 1 aliphatic rings. The number of ether oxygens (including phenoxy) is 4. The molecule has 7 nitrogen and oxygen atoms in total. The summed E-state index contributed by atoms with van der Waals surface area (Å²) >= 11 is 0. The highest BCUT2D eigenvalue weighted by Crippen LogP contribution is 2.40. The number of hydrogen-bond acceptors (Lipinski definition) is 6. The Hall–Kier alpha value is -3.68. The molecular weight excluding hydrogens is 478 g/mol. The second kappa shape index (κ2) is 11.8. The van der Waals surface area contributed by atoms with E-state index in [0.29, 0.717) is 0 Å². The van der Waals surface area contributed by atoms with Crippen LogP contribution in [0.4, 0.5) is 0 Å². The van der Waals surface area contributed by atoms with Crippen molar-refractivity contribution in [2.45, 2.75) is 25.3 Å². The molecule has 0 amide bonds. The molecule has 2 heterocycles. The first-order chi connectivity index (χ1) is 18.6. The van der Waals surface area contributed by atoms with Crippen molar-refractivity contribution in [1.29, 1.82) is 0 Å². The van der Waals surface area contributed by atoms with Gasteiger partial charge in [-0.3, -0.25) is 4.90 Å². The molecule has 2 N–H and O–H groups in total. The zero-order valence-corrected chi connectivity index (χ0v) is 22.7. The third kappa shape index (κ3) is 5.30. The van der Waals surface area contributed by atoms with Crippen LogP contribution in [0.3, 0.4) is 0 Å². The maximum Gasteiger partial charge on any atom is 0.161 e. The number of rotatable bonds is 11. The first-order valence-corrected chi connectivity index (χ1v) is 13.1. The molecule has 0 aliphatic carbocycles. The van der Waals surface area contributed by atoms with Gasteiger partial charge in [0.2, 0.25) is 0 Å². The summed E-state index contributed by atoms with van der Waals surface area (Å²) in [5.74, 6) is 3.08. The van der Waals surface area contributed by atoms with Crippen molar-refractivity contribution in [3.05, 3.63) is 83.0 Å². The summed E-state index contributed by atoms with van der Waals surface area (Å²) < 4.78 is 22.1. The normalized spacial score (nSPS) is 15.3. The predicted octanol–water partition coefficient (Wildman–Crippen LogP) is 5.13. The molecule has 0 spiro atoms. The lowest BCUT2D eigenvalue weighted by Gasteiger charge is -2.38. The third-order valence-electron chi connectivity index (χ3n) is 7.55. The second-order valence-corrected chi connectivity index (χ2v) is 9.65. The molecule has 0 fully saturated rings. The van der Waals surface area contributed by atoms with Crippen LogP contribution in [0.5, 0.6) is 23.0 Å². The van der Waals surface area contributed by atoms with E-state index < -0.39 is 0 Å². The number of hydrogen-bond donors (Lipinski definition) is 2. The van der Waals surface area contributed by atoms with Gasteiger partial charge in [-0.1, -0.05) is 24.3 Å². The highest BCUT2D eigenvalue weighted by Gasteiger charge is 2.29. The van der Waals surface area contributed by atoms with Gasteiger partial charge in [-0.15, -0.1) is 0 Å². The molecule has 3 aromatic carbocycles. The van der Waals surface area contributed by atoms with Gasteiger partial charge in [-0.2, -0.15) is 0 Å². The monoisotopic (exact) mass is 515 g/mol. The van der Waals surface area contributed by atoms with E-state index in [1.807, 2.05) is 6.07 Å². The molecule has 5 rings (SSSR count). The minimum absolute atomic E-state index is 0.214. The maximum atomic E-state index is 5.69. The topological polar surface area (TPSA) is 68.0 Å². The fraction of sp³-hybridized carbons (Fsp3) is 0.355. The Balaban J connectivity index is 1.35. The average Bonchev–Trinajstić information content (AvgIpc) is 3.37. The van der Waals surface area contributed by atoms with Crippen molar-refractivity contribution in [3.63, 3.8) is 0 Å². The van der Waals surface area contributed by atoms with Gasteiger partial charge in [0.25, 0.3) is 0 Å².